The number of rotatable bonds is 8. The van der Waals surface area contributed by atoms with E-state index in [1.54, 1.807) is 26.2 Å². The Morgan fingerprint density at radius 1 is 1.43 bits per heavy atom. The maximum atomic E-state index is 11.9. The van der Waals surface area contributed by atoms with Gasteiger partial charge in [-0.3, -0.25) is 4.79 Å². The molecular formula is C15H23ClN2O3. The number of carbonyl (C=O) groups is 1. The number of nitrogens with two attached hydrogens (primary N) is 1. The van der Waals surface area contributed by atoms with Gasteiger partial charge in [0.25, 0.3) is 5.91 Å². The van der Waals surface area contributed by atoms with Crippen molar-refractivity contribution in [3.05, 3.63) is 28.8 Å². The molecule has 0 aliphatic rings. The summed E-state index contributed by atoms with van der Waals surface area (Å²) in [6.45, 7) is 4.72. The maximum Gasteiger partial charge on any atom is 0.260 e. The second-order valence-corrected chi connectivity index (χ2v) is 5.28. The van der Waals surface area contributed by atoms with E-state index in [9.17, 15) is 4.79 Å². The molecule has 118 valence electrons. The lowest BCUT2D eigenvalue weighted by Crippen LogP contribution is -2.37. The lowest BCUT2D eigenvalue weighted by Gasteiger charge is -2.16. The topological polar surface area (TPSA) is 73.6 Å². The predicted molar refractivity (Wildman–Crippen MR) is 83.6 cm³/mol. The number of ether oxygens (including phenoxy) is 2. The van der Waals surface area contributed by atoms with Crippen LogP contribution in [0.3, 0.4) is 0 Å². The summed E-state index contributed by atoms with van der Waals surface area (Å²) < 4.78 is 10.5. The van der Waals surface area contributed by atoms with Gasteiger partial charge in [0, 0.05) is 26.3 Å². The van der Waals surface area contributed by atoms with E-state index in [1.165, 1.54) is 0 Å². The van der Waals surface area contributed by atoms with Gasteiger partial charge < -0.3 is 20.5 Å². The van der Waals surface area contributed by atoms with Crippen molar-refractivity contribution in [1.29, 1.82) is 0 Å². The summed E-state index contributed by atoms with van der Waals surface area (Å²) in [5, 5.41) is 3.23. The molecule has 1 amide bonds. The molecule has 6 heteroatoms. The molecule has 0 bridgehead atoms. The molecule has 0 saturated carbocycles. The third kappa shape index (κ3) is 5.91. The Bertz CT molecular complexity index is 466. The quantitative estimate of drug-likeness (QED) is 0.722. The molecule has 0 radical (unpaired) electrons. The average Bonchev–Trinajstić information content (AvgIpc) is 2.45. The van der Waals surface area contributed by atoms with E-state index in [0.29, 0.717) is 23.9 Å². The van der Waals surface area contributed by atoms with E-state index in [1.807, 2.05) is 13.0 Å². The molecule has 2 atom stereocenters. The van der Waals surface area contributed by atoms with Crippen molar-refractivity contribution >= 4 is 17.5 Å². The van der Waals surface area contributed by atoms with E-state index in [2.05, 4.69) is 5.32 Å². The standard InChI is InChI=1S/C15H23ClN2O3/c1-10(17)12-5-6-14(13(16)9-12)21-11(2)15(19)18-7-4-8-20-3/h5-6,9-11H,4,7-8,17H2,1-3H3,(H,18,19). The lowest BCUT2D eigenvalue weighted by atomic mass is 10.1. The van der Waals surface area contributed by atoms with Crippen molar-refractivity contribution in [3.8, 4) is 5.75 Å². The summed E-state index contributed by atoms with van der Waals surface area (Å²) in [5.41, 5.74) is 6.71. The Hall–Kier alpha value is -1.30. The van der Waals surface area contributed by atoms with Gasteiger partial charge in [-0.2, -0.15) is 0 Å². The second-order valence-electron chi connectivity index (χ2n) is 4.88. The zero-order chi connectivity index (χ0) is 15.8. The van der Waals surface area contributed by atoms with Crippen LogP contribution >= 0.6 is 11.6 Å². The Balaban J connectivity index is 2.54. The Morgan fingerprint density at radius 2 is 2.14 bits per heavy atom. The summed E-state index contributed by atoms with van der Waals surface area (Å²) in [6.07, 6.45) is 0.143. The van der Waals surface area contributed by atoms with Gasteiger partial charge in [-0.25, -0.2) is 0 Å². The Labute approximate surface area is 130 Å². The molecule has 0 fully saturated rings. The zero-order valence-corrected chi connectivity index (χ0v) is 13.4. The van der Waals surface area contributed by atoms with Gasteiger partial charge in [0.05, 0.1) is 5.02 Å². The maximum absolute atomic E-state index is 11.9. The van der Waals surface area contributed by atoms with Crippen molar-refractivity contribution in [2.24, 2.45) is 5.73 Å². The number of benzene rings is 1. The van der Waals surface area contributed by atoms with E-state index >= 15 is 0 Å². The third-order valence-electron chi connectivity index (χ3n) is 2.98. The molecule has 2 unspecified atom stereocenters. The summed E-state index contributed by atoms with van der Waals surface area (Å²) in [4.78, 5) is 11.9. The molecule has 1 rings (SSSR count). The fourth-order valence-corrected chi connectivity index (χ4v) is 1.95. The van der Waals surface area contributed by atoms with Gasteiger partial charge in [-0.15, -0.1) is 0 Å². The van der Waals surface area contributed by atoms with Crippen LogP contribution in [-0.4, -0.2) is 32.3 Å². The summed E-state index contributed by atoms with van der Waals surface area (Å²) in [7, 11) is 1.63. The molecule has 1 aromatic carbocycles. The highest BCUT2D eigenvalue weighted by atomic mass is 35.5. The van der Waals surface area contributed by atoms with Gasteiger partial charge in [0.2, 0.25) is 0 Å². The van der Waals surface area contributed by atoms with Crippen LogP contribution in [0.4, 0.5) is 0 Å². The largest absolute Gasteiger partial charge is 0.479 e. The minimum atomic E-state index is -0.619. The van der Waals surface area contributed by atoms with Crippen molar-refractivity contribution in [3.63, 3.8) is 0 Å². The van der Waals surface area contributed by atoms with Gasteiger partial charge in [-0.1, -0.05) is 17.7 Å². The first-order chi connectivity index (χ1) is 9.95. The van der Waals surface area contributed by atoms with E-state index < -0.39 is 6.10 Å². The molecule has 0 aliphatic heterocycles. The molecule has 3 N–H and O–H groups in total. The highest BCUT2D eigenvalue weighted by molar-refractivity contribution is 6.32. The van der Waals surface area contributed by atoms with Crippen LogP contribution < -0.4 is 15.8 Å². The van der Waals surface area contributed by atoms with Gasteiger partial charge >= 0.3 is 0 Å². The first-order valence-electron chi connectivity index (χ1n) is 6.94. The number of halogens is 1. The van der Waals surface area contributed by atoms with Crippen molar-refractivity contribution in [1.82, 2.24) is 5.32 Å². The fourth-order valence-electron chi connectivity index (χ4n) is 1.71. The van der Waals surface area contributed by atoms with Gasteiger partial charge in [0.1, 0.15) is 5.75 Å². The van der Waals surface area contributed by atoms with Crippen LogP contribution in [0.15, 0.2) is 18.2 Å². The van der Waals surface area contributed by atoms with Crippen LogP contribution in [0, 0.1) is 0 Å². The Morgan fingerprint density at radius 3 is 2.71 bits per heavy atom. The normalized spacial score (nSPS) is 13.6. The molecule has 21 heavy (non-hydrogen) atoms. The van der Waals surface area contributed by atoms with E-state index in [-0.39, 0.29) is 11.9 Å². The lowest BCUT2D eigenvalue weighted by molar-refractivity contribution is -0.127. The summed E-state index contributed by atoms with van der Waals surface area (Å²) in [6, 6.07) is 5.23. The fraction of sp³-hybridized carbons (Fsp3) is 0.533. The zero-order valence-electron chi connectivity index (χ0n) is 12.7. The van der Waals surface area contributed by atoms with Crippen LogP contribution in [0.5, 0.6) is 5.75 Å². The van der Waals surface area contributed by atoms with Crippen molar-refractivity contribution < 1.29 is 14.3 Å². The number of hydrogen-bond donors (Lipinski definition) is 2. The highest BCUT2D eigenvalue weighted by Crippen LogP contribution is 2.28. The van der Waals surface area contributed by atoms with Crippen LogP contribution in [0.1, 0.15) is 31.9 Å². The second kappa shape index (κ2) is 8.87. The minimum absolute atomic E-state index is 0.0990. The number of amides is 1. The Kier molecular flexibility index (Phi) is 7.50. The van der Waals surface area contributed by atoms with E-state index in [4.69, 9.17) is 26.8 Å². The monoisotopic (exact) mass is 314 g/mol. The minimum Gasteiger partial charge on any atom is -0.479 e. The molecule has 0 aromatic heterocycles. The number of nitrogens with one attached hydrogen (secondary N) is 1. The molecule has 0 spiro atoms. The molecular weight excluding hydrogens is 292 g/mol. The smallest absolute Gasteiger partial charge is 0.260 e. The molecule has 5 nitrogen and oxygen atoms in total. The van der Waals surface area contributed by atoms with E-state index in [0.717, 1.165) is 12.0 Å². The molecule has 0 heterocycles. The van der Waals surface area contributed by atoms with Gasteiger partial charge in [0.15, 0.2) is 6.10 Å². The SMILES string of the molecule is COCCCNC(=O)C(C)Oc1ccc(C(C)N)cc1Cl. The summed E-state index contributed by atoms with van der Waals surface area (Å²) >= 11 is 6.14. The average molecular weight is 315 g/mol. The highest BCUT2D eigenvalue weighted by Gasteiger charge is 2.16. The van der Waals surface area contributed by atoms with Crippen molar-refractivity contribution in [2.45, 2.75) is 32.4 Å². The third-order valence-corrected chi connectivity index (χ3v) is 3.27. The first kappa shape index (κ1) is 17.8. The van der Waals surface area contributed by atoms with Crippen molar-refractivity contribution in [2.75, 3.05) is 20.3 Å². The first-order valence-corrected chi connectivity index (χ1v) is 7.31. The molecule has 0 aliphatic carbocycles. The number of carbonyl (C=O) groups excluding carboxylic acids is 1. The summed E-state index contributed by atoms with van der Waals surface area (Å²) in [5.74, 6) is 0.291. The van der Waals surface area contributed by atoms with Crippen LogP contribution in [-0.2, 0) is 9.53 Å². The number of methoxy groups -OCH3 is 1. The molecule has 1 aromatic rings. The number of hydrogen-bond acceptors (Lipinski definition) is 4. The van der Waals surface area contributed by atoms with Crippen LogP contribution in [0.2, 0.25) is 5.02 Å². The molecule has 0 saturated heterocycles. The van der Waals surface area contributed by atoms with Crippen LogP contribution in [0.25, 0.3) is 0 Å². The predicted octanol–water partition coefficient (Wildman–Crippen LogP) is 2.28. The van der Waals surface area contributed by atoms with Gasteiger partial charge in [-0.05, 0) is 38.0 Å².